The summed E-state index contributed by atoms with van der Waals surface area (Å²) < 4.78 is 0. The zero-order valence-electron chi connectivity index (χ0n) is 7.90. The first kappa shape index (κ1) is 9.98. The average molecular weight is 178 g/mol. The van der Waals surface area contributed by atoms with Gasteiger partial charge in [-0.3, -0.25) is 9.80 Å². The highest BCUT2D eigenvalue weighted by molar-refractivity contribution is 4.85. The third-order valence-electron chi connectivity index (χ3n) is 2.13. The fourth-order valence-electron chi connectivity index (χ4n) is 1.77. The molecule has 1 saturated heterocycles. The van der Waals surface area contributed by atoms with Gasteiger partial charge in [0.1, 0.15) is 0 Å². The molecule has 0 amide bonds. The van der Waals surface area contributed by atoms with Gasteiger partial charge in [-0.05, 0) is 5.92 Å². The van der Waals surface area contributed by atoms with E-state index in [-0.39, 0.29) is 0 Å². The molecule has 1 fully saturated rings. The van der Waals surface area contributed by atoms with Gasteiger partial charge >= 0.3 is 0 Å². The third-order valence-corrected chi connectivity index (χ3v) is 2.13. The van der Waals surface area contributed by atoms with Gasteiger partial charge in [-0.1, -0.05) is 6.92 Å². The fraction of sp³-hybridized carbons (Fsp3) is 0.778. The first-order valence-corrected chi connectivity index (χ1v) is 4.45. The lowest BCUT2D eigenvalue weighted by atomic mass is 10.1. The molecule has 1 aliphatic rings. The van der Waals surface area contributed by atoms with Gasteiger partial charge < -0.3 is 0 Å². The van der Waals surface area contributed by atoms with Gasteiger partial charge in [0.2, 0.25) is 0 Å². The minimum Gasteiger partial charge on any atom is -0.277 e. The maximum Gasteiger partial charge on any atom is 0.0876 e. The van der Waals surface area contributed by atoms with E-state index in [2.05, 4.69) is 28.9 Å². The number of nitrogens with zero attached hydrogens (tertiary/aromatic N) is 4. The first-order valence-electron chi connectivity index (χ1n) is 4.45. The molecule has 0 aromatic rings. The summed E-state index contributed by atoms with van der Waals surface area (Å²) in [6.45, 7) is 5.77. The Bertz CT molecular complexity index is 213. The van der Waals surface area contributed by atoms with Gasteiger partial charge in [-0.25, -0.2) is 0 Å². The van der Waals surface area contributed by atoms with E-state index in [0.29, 0.717) is 19.0 Å². The highest BCUT2D eigenvalue weighted by atomic mass is 15.3. The fourth-order valence-corrected chi connectivity index (χ4v) is 1.77. The van der Waals surface area contributed by atoms with Gasteiger partial charge in [0.15, 0.2) is 0 Å². The molecule has 1 heterocycles. The molecule has 0 bridgehead atoms. The lowest BCUT2D eigenvalue weighted by Gasteiger charge is -2.36. The minimum atomic E-state index is 0.465. The van der Waals surface area contributed by atoms with Crippen molar-refractivity contribution >= 4 is 0 Å². The maximum atomic E-state index is 8.55. The van der Waals surface area contributed by atoms with Crippen molar-refractivity contribution in [2.24, 2.45) is 5.92 Å². The van der Waals surface area contributed by atoms with Crippen molar-refractivity contribution in [3.05, 3.63) is 0 Å². The lowest BCUT2D eigenvalue weighted by molar-refractivity contribution is 0.0737. The second-order valence-electron chi connectivity index (χ2n) is 3.59. The molecule has 0 atom stereocenters. The zero-order chi connectivity index (χ0) is 9.68. The van der Waals surface area contributed by atoms with E-state index in [0.717, 1.165) is 19.8 Å². The molecule has 1 rings (SSSR count). The van der Waals surface area contributed by atoms with Crippen LogP contribution in [-0.2, 0) is 0 Å². The van der Waals surface area contributed by atoms with Crippen molar-refractivity contribution < 1.29 is 0 Å². The summed E-state index contributed by atoms with van der Waals surface area (Å²) in [4.78, 5) is 4.15. The highest BCUT2D eigenvalue weighted by Gasteiger charge is 2.21. The van der Waals surface area contributed by atoms with Gasteiger partial charge in [-0.2, -0.15) is 10.5 Å². The van der Waals surface area contributed by atoms with Crippen molar-refractivity contribution in [2.75, 3.05) is 32.8 Å². The summed E-state index contributed by atoms with van der Waals surface area (Å²) in [6, 6.07) is 4.27. The number of hydrogen-bond acceptors (Lipinski definition) is 4. The van der Waals surface area contributed by atoms with Gasteiger partial charge in [0.25, 0.3) is 0 Å². The highest BCUT2D eigenvalue weighted by Crippen LogP contribution is 2.10. The van der Waals surface area contributed by atoms with Crippen LogP contribution < -0.4 is 0 Å². The summed E-state index contributed by atoms with van der Waals surface area (Å²) in [5.74, 6) is 0.551. The summed E-state index contributed by atoms with van der Waals surface area (Å²) in [7, 11) is 0. The molecule has 0 aromatic heterocycles. The Morgan fingerprint density at radius 3 is 2.00 bits per heavy atom. The first-order chi connectivity index (χ1) is 6.26. The molecular formula is C9H14N4. The van der Waals surface area contributed by atoms with Crippen LogP contribution in [0.1, 0.15) is 6.92 Å². The topological polar surface area (TPSA) is 54.1 Å². The SMILES string of the molecule is CC1CN(CC#N)CN(CC#N)C1. The molecule has 0 saturated carbocycles. The quantitative estimate of drug-likeness (QED) is 0.568. The van der Waals surface area contributed by atoms with E-state index in [1.807, 2.05) is 0 Å². The largest absolute Gasteiger partial charge is 0.277 e. The summed E-state index contributed by atoms with van der Waals surface area (Å²) in [6.07, 6.45) is 0. The van der Waals surface area contributed by atoms with E-state index in [1.165, 1.54) is 0 Å². The number of nitriles is 2. The van der Waals surface area contributed by atoms with Crippen LogP contribution in [-0.4, -0.2) is 42.6 Å². The van der Waals surface area contributed by atoms with Crippen LogP contribution in [0, 0.1) is 28.6 Å². The van der Waals surface area contributed by atoms with Crippen molar-refractivity contribution in [1.29, 1.82) is 10.5 Å². The molecule has 70 valence electrons. The van der Waals surface area contributed by atoms with Crippen LogP contribution >= 0.6 is 0 Å². The molecule has 0 unspecified atom stereocenters. The Morgan fingerprint density at radius 2 is 1.62 bits per heavy atom. The van der Waals surface area contributed by atoms with Gasteiger partial charge in [0, 0.05) is 13.1 Å². The molecule has 4 nitrogen and oxygen atoms in total. The lowest BCUT2D eigenvalue weighted by Crippen LogP contribution is -2.48. The maximum absolute atomic E-state index is 8.55. The predicted molar refractivity (Wildman–Crippen MR) is 48.4 cm³/mol. The Balaban J connectivity index is 2.44. The van der Waals surface area contributed by atoms with Crippen molar-refractivity contribution in [3.63, 3.8) is 0 Å². The van der Waals surface area contributed by atoms with Crippen LogP contribution in [0.25, 0.3) is 0 Å². The van der Waals surface area contributed by atoms with Crippen molar-refractivity contribution in [2.45, 2.75) is 6.92 Å². The Hall–Kier alpha value is -1.10. The Morgan fingerprint density at radius 1 is 1.15 bits per heavy atom. The number of rotatable bonds is 2. The summed E-state index contributed by atoms with van der Waals surface area (Å²) in [5.41, 5.74) is 0. The molecule has 4 heteroatoms. The average Bonchev–Trinajstić information content (AvgIpc) is 2.04. The molecule has 0 N–H and O–H groups in total. The third kappa shape index (κ3) is 3.02. The minimum absolute atomic E-state index is 0.465. The smallest absolute Gasteiger partial charge is 0.0876 e. The predicted octanol–water partition coefficient (Wildman–Crippen LogP) is 0.245. The van der Waals surface area contributed by atoms with Crippen LogP contribution in [0.4, 0.5) is 0 Å². The van der Waals surface area contributed by atoms with E-state index >= 15 is 0 Å². The van der Waals surface area contributed by atoms with Crippen LogP contribution in [0.3, 0.4) is 0 Å². The molecule has 0 aliphatic carbocycles. The van der Waals surface area contributed by atoms with Gasteiger partial charge in [0.05, 0.1) is 31.9 Å². The number of hydrogen-bond donors (Lipinski definition) is 0. The van der Waals surface area contributed by atoms with E-state index < -0.39 is 0 Å². The van der Waals surface area contributed by atoms with Crippen LogP contribution in [0.5, 0.6) is 0 Å². The van der Waals surface area contributed by atoms with Crippen LogP contribution in [0.15, 0.2) is 0 Å². The molecule has 0 spiro atoms. The second-order valence-corrected chi connectivity index (χ2v) is 3.59. The molecule has 13 heavy (non-hydrogen) atoms. The summed E-state index contributed by atoms with van der Waals surface area (Å²) in [5, 5.41) is 17.1. The van der Waals surface area contributed by atoms with E-state index in [9.17, 15) is 0 Å². The van der Waals surface area contributed by atoms with Crippen molar-refractivity contribution in [3.8, 4) is 12.1 Å². The van der Waals surface area contributed by atoms with Gasteiger partial charge in [-0.15, -0.1) is 0 Å². The molecular weight excluding hydrogens is 164 g/mol. The van der Waals surface area contributed by atoms with Crippen LogP contribution in [0.2, 0.25) is 0 Å². The molecule has 0 radical (unpaired) electrons. The monoisotopic (exact) mass is 178 g/mol. The van der Waals surface area contributed by atoms with E-state index in [4.69, 9.17) is 10.5 Å². The zero-order valence-corrected chi connectivity index (χ0v) is 7.90. The van der Waals surface area contributed by atoms with E-state index in [1.54, 1.807) is 0 Å². The summed E-state index contributed by atoms with van der Waals surface area (Å²) >= 11 is 0. The van der Waals surface area contributed by atoms with Crippen molar-refractivity contribution in [1.82, 2.24) is 9.80 Å². The molecule has 1 aliphatic heterocycles. The Labute approximate surface area is 79.0 Å². The molecule has 0 aromatic carbocycles. The second kappa shape index (κ2) is 4.81. The normalized spacial score (nSPS) is 20.8. The standard InChI is InChI=1S/C9H14N4/c1-9-6-12(4-2-10)8-13(7-9)5-3-11/h9H,4-8H2,1H3. The Kier molecular flexibility index (Phi) is 3.70.